The smallest absolute Gasteiger partial charge is 0.397 e. The van der Waals surface area contributed by atoms with Crippen molar-refractivity contribution in [3.8, 4) is 0 Å². The van der Waals surface area contributed by atoms with Gasteiger partial charge in [-0.3, -0.25) is 18.5 Å². The average Bonchev–Trinajstić information content (AvgIpc) is 2.28. The summed E-state index contributed by atoms with van der Waals surface area (Å²) < 4.78 is 35.1. The van der Waals surface area contributed by atoms with Gasteiger partial charge in [-0.1, -0.05) is 0 Å². The van der Waals surface area contributed by atoms with Crippen LogP contribution in [0.3, 0.4) is 0 Å². The Balaban J connectivity index is 5.85. The first-order valence-electron chi connectivity index (χ1n) is 5.93. The van der Waals surface area contributed by atoms with Crippen molar-refractivity contribution in [1.29, 1.82) is 0 Å². The van der Waals surface area contributed by atoms with E-state index >= 15 is 0 Å². The van der Waals surface area contributed by atoms with E-state index in [4.69, 9.17) is 34.5 Å². The molecule has 0 spiro atoms. The number of rotatable bonds is 11. The number of quaternary nitrogens is 1. The van der Waals surface area contributed by atoms with Crippen molar-refractivity contribution in [1.82, 2.24) is 5.17 Å². The molecule has 24 heavy (non-hydrogen) atoms. The molecule has 7 N–H and O–H groups in total. The monoisotopic (exact) mass is 419 g/mol. The first-order chi connectivity index (χ1) is 10.6. The Morgan fingerprint density at radius 2 is 1.46 bits per heavy atom. The zero-order chi connectivity index (χ0) is 19.4. The summed E-state index contributed by atoms with van der Waals surface area (Å²) in [7, 11) is -17.0. The second-order valence-corrected chi connectivity index (χ2v) is 9.85. The van der Waals surface area contributed by atoms with E-state index in [1.165, 1.54) is 0 Å². The molecular weight excluding hydrogens is 401 g/mol. The maximum Gasteiger partial charge on any atom is 0.397 e. The van der Waals surface area contributed by atoms with Gasteiger partial charge < -0.3 is 49.6 Å². The maximum atomic E-state index is 12.5. The van der Waals surface area contributed by atoms with E-state index in [9.17, 15) is 24.1 Å². The van der Waals surface area contributed by atoms with Crippen molar-refractivity contribution in [2.24, 2.45) is 0 Å². The van der Waals surface area contributed by atoms with Crippen LogP contribution >= 0.6 is 22.8 Å². The molecule has 1 unspecified atom stereocenters. The standard InChI is InChI=1S/C6H18N2O13P3/c9-2-4-21-3-1-8(11,7(10)5-22(12,13)14)6(23(15,16)17)24(18,19)20/h6,9H,1-5H2,(H2,12,13,14)(H2,15,16,17)(H2,18,19,20)/q-1. The number of aliphatic hydroxyl groups is 1. The number of hydrogen-bond donors (Lipinski definition) is 7. The van der Waals surface area contributed by atoms with Gasteiger partial charge in [-0.15, -0.1) is 0 Å². The number of hydrogen-bond acceptors (Lipinski definition) is 8. The fraction of sp³-hybridized carbons (Fsp3) is 1.00. The van der Waals surface area contributed by atoms with Crippen LogP contribution in [-0.2, 0) is 18.4 Å². The molecule has 0 aliphatic rings. The van der Waals surface area contributed by atoms with Gasteiger partial charge in [0.1, 0.15) is 12.8 Å². The van der Waals surface area contributed by atoms with Gasteiger partial charge in [0, 0.05) is 0 Å². The van der Waals surface area contributed by atoms with E-state index in [2.05, 4.69) is 4.74 Å². The van der Waals surface area contributed by atoms with Gasteiger partial charge in [-0.05, 0) is 0 Å². The summed E-state index contributed by atoms with van der Waals surface area (Å²) in [5.74, 6) is 0. The van der Waals surface area contributed by atoms with Crippen molar-refractivity contribution in [2.45, 2.75) is 5.52 Å². The molecular formula is C6H18N2O13P3-. The number of nitrogens with zero attached hydrogens (tertiary/aromatic N) is 2. The third-order valence-electron chi connectivity index (χ3n) is 2.44. The van der Waals surface area contributed by atoms with E-state index < -0.39 is 64.3 Å². The lowest BCUT2D eigenvalue weighted by atomic mass is 10.6. The normalized spacial score (nSPS) is 16.6. The number of ether oxygens (including phenoxy) is 1. The van der Waals surface area contributed by atoms with Crippen molar-refractivity contribution in [3.05, 3.63) is 10.4 Å². The minimum absolute atomic E-state index is 0.367. The minimum Gasteiger partial charge on any atom is -0.739 e. The Hall–Kier alpha value is 0.210. The highest BCUT2D eigenvalue weighted by Crippen LogP contribution is 2.63. The molecule has 1 atom stereocenters. The van der Waals surface area contributed by atoms with Gasteiger partial charge in [0.15, 0.2) is 0 Å². The van der Waals surface area contributed by atoms with Gasteiger partial charge in [-0.2, -0.15) is 0 Å². The highest BCUT2D eigenvalue weighted by molar-refractivity contribution is 7.70. The average molecular weight is 419 g/mol. The van der Waals surface area contributed by atoms with Crippen molar-refractivity contribution >= 4 is 22.8 Å². The Morgan fingerprint density at radius 1 is 1.00 bits per heavy atom. The zero-order valence-electron chi connectivity index (χ0n) is 11.9. The molecule has 0 amide bonds. The lowest BCUT2D eigenvalue weighted by Crippen LogP contribution is -2.60. The van der Waals surface area contributed by atoms with Crippen LogP contribution in [0.25, 0.3) is 0 Å². The SMILES string of the molecule is O=P(O)(O)CN([O-])[N+]([O-])(CCOCCO)C(P(=O)(O)O)P(=O)(O)O. The van der Waals surface area contributed by atoms with Gasteiger partial charge in [0.05, 0.1) is 19.8 Å². The second-order valence-electron chi connectivity index (χ2n) is 4.50. The van der Waals surface area contributed by atoms with Gasteiger partial charge in [0.2, 0.25) is 0 Å². The van der Waals surface area contributed by atoms with E-state index in [0.717, 1.165) is 0 Å². The Kier molecular flexibility index (Phi) is 8.81. The predicted molar refractivity (Wildman–Crippen MR) is 76.4 cm³/mol. The third-order valence-corrected chi connectivity index (χ3v) is 6.78. The molecule has 0 aliphatic carbocycles. The summed E-state index contributed by atoms with van der Waals surface area (Å²) >= 11 is 0. The van der Waals surface area contributed by atoms with Gasteiger partial charge >= 0.3 is 28.3 Å². The molecule has 0 bridgehead atoms. The first kappa shape index (κ1) is 24.2. The second kappa shape index (κ2) is 8.73. The molecule has 0 fully saturated rings. The summed E-state index contributed by atoms with van der Waals surface area (Å²) in [5, 5.41) is 31.7. The lowest BCUT2D eigenvalue weighted by molar-refractivity contribution is -0.985. The van der Waals surface area contributed by atoms with Gasteiger partial charge in [-0.25, -0.2) is 5.17 Å². The van der Waals surface area contributed by atoms with E-state index in [1.54, 1.807) is 0 Å². The van der Waals surface area contributed by atoms with Gasteiger partial charge in [0.25, 0.3) is 0 Å². The minimum atomic E-state index is -5.90. The van der Waals surface area contributed by atoms with Crippen LogP contribution in [-0.4, -0.2) is 82.6 Å². The Labute approximate surface area is 135 Å². The summed E-state index contributed by atoms with van der Waals surface area (Å²) in [6.45, 7) is -2.97. The van der Waals surface area contributed by atoms with Crippen molar-refractivity contribution < 1.29 is 57.7 Å². The van der Waals surface area contributed by atoms with Crippen LogP contribution in [0.15, 0.2) is 0 Å². The van der Waals surface area contributed by atoms with Crippen LogP contribution in [0, 0.1) is 10.4 Å². The molecule has 0 saturated carbocycles. The number of aliphatic hydroxyl groups excluding tert-OH is 1. The largest absolute Gasteiger partial charge is 0.739 e. The van der Waals surface area contributed by atoms with Crippen LogP contribution in [0.1, 0.15) is 0 Å². The molecule has 0 rings (SSSR count). The summed E-state index contributed by atoms with van der Waals surface area (Å²) in [4.78, 5) is 53.7. The highest BCUT2D eigenvalue weighted by Gasteiger charge is 2.56. The zero-order valence-corrected chi connectivity index (χ0v) is 14.6. The van der Waals surface area contributed by atoms with E-state index in [1.807, 2.05) is 0 Å². The van der Waals surface area contributed by atoms with Crippen LogP contribution in [0.5, 0.6) is 0 Å². The summed E-state index contributed by atoms with van der Waals surface area (Å²) in [6, 6.07) is 0. The molecule has 0 aromatic carbocycles. The molecule has 0 aromatic heterocycles. The lowest BCUT2D eigenvalue weighted by Gasteiger charge is -2.55. The predicted octanol–water partition coefficient (Wildman–Crippen LogP) is -2.20. The molecule has 15 nitrogen and oxygen atoms in total. The summed E-state index contributed by atoms with van der Waals surface area (Å²) in [6.07, 6.45) is -1.87. The summed E-state index contributed by atoms with van der Waals surface area (Å²) in [5.41, 5.74) is -3.44. The van der Waals surface area contributed by atoms with E-state index in [-0.39, 0.29) is 6.61 Å². The molecule has 0 radical (unpaired) electrons. The van der Waals surface area contributed by atoms with Crippen LogP contribution in [0.4, 0.5) is 0 Å². The molecule has 0 aromatic rings. The molecule has 0 aliphatic heterocycles. The highest BCUT2D eigenvalue weighted by atomic mass is 31.2. The van der Waals surface area contributed by atoms with Crippen molar-refractivity contribution in [2.75, 3.05) is 32.7 Å². The van der Waals surface area contributed by atoms with E-state index in [0.29, 0.717) is 0 Å². The quantitative estimate of drug-likeness (QED) is 0.0812. The Morgan fingerprint density at radius 3 is 1.79 bits per heavy atom. The topological polar surface area (TPSA) is 251 Å². The molecule has 18 heteroatoms. The fourth-order valence-corrected chi connectivity index (χ4v) is 5.13. The maximum absolute atomic E-state index is 12.5. The van der Waals surface area contributed by atoms with Crippen molar-refractivity contribution in [3.63, 3.8) is 0 Å². The Bertz CT molecular complexity index is 518. The van der Waals surface area contributed by atoms with Crippen LogP contribution < -0.4 is 0 Å². The first-order valence-corrected chi connectivity index (χ1v) is 11.1. The number of hydroxylamine groups is 3. The third kappa shape index (κ3) is 7.62. The van der Waals surface area contributed by atoms with Crippen LogP contribution in [0.2, 0.25) is 0 Å². The molecule has 0 heterocycles. The fourth-order valence-electron chi connectivity index (χ4n) is 1.63. The molecule has 0 saturated heterocycles. The molecule has 146 valence electrons.